The lowest BCUT2D eigenvalue weighted by Crippen LogP contribution is -2.32. The van der Waals surface area contributed by atoms with Crippen molar-refractivity contribution in [2.24, 2.45) is 0 Å². The zero-order valence-corrected chi connectivity index (χ0v) is 10.7. The van der Waals surface area contributed by atoms with E-state index < -0.39 is 0 Å². The molecule has 0 fully saturated rings. The molecule has 0 aromatic heterocycles. The van der Waals surface area contributed by atoms with E-state index in [1.165, 1.54) is 0 Å². The van der Waals surface area contributed by atoms with Gasteiger partial charge in [-0.15, -0.1) is 0 Å². The predicted molar refractivity (Wildman–Crippen MR) is 67.4 cm³/mol. The van der Waals surface area contributed by atoms with Crippen LogP contribution in [0.25, 0.3) is 0 Å². The van der Waals surface area contributed by atoms with Crippen LogP contribution in [0.1, 0.15) is 35.3 Å². The van der Waals surface area contributed by atoms with Crippen LogP contribution >= 0.6 is 0 Å². The molecule has 4 nitrogen and oxygen atoms in total. The van der Waals surface area contributed by atoms with Gasteiger partial charge < -0.3 is 14.8 Å². The first kappa shape index (κ1) is 11.4. The van der Waals surface area contributed by atoms with Gasteiger partial charge in [-0.05, 0) is 26.3 Å². The number of ether oxygens (including phenoxy) is 2. The van der Waals surface area contributed by atoms with Gasteiger partial charge >= 0.3 is 0 Å². The molecule has 18 heavy (non-hydrogen) atoms. The van der Waals surface area contributed by atoms with Gasteiger partial charge in [0.1, 0.15) is 17.6 Å². The maximum absolute atomic E-state index is 12.1. The van der Waals surface area contributed by atoms with Gasteiger partial charge in [-0.3, -0.25) is 4.79 Å². The molecule has 0 radical (unpaired) electrons. The van der Waals surface area contributed by atoms with Crippen LogP contribution < -0.4 is 14.8 Å². The second-order valence-electron chi connectivity index (χ2n) is 4.79. The van der Waals surface area contributed by atoms with E-state index in [9.17, 15) is 4.79 Å². The Kier molecular flexibility index (Phi) is 2.65. The monoisotopic (exact) mass is 247 g/mol. The van der Waals surface area contributed by atoms with Crippen LogP contribution in [0.15, 0.2) is 6.07 Å². The van der Waals surface area contributed by atoms with E-state index in [0.717, 1.165) is 35.5 Å². The van der Waals surface area contributed by atoms with E-state index >= 15 is 0 Å². The Morgan fingerprint density at radius 2 is 2.39 bits per heavy atom. The lowest BCUT2D eigenvalue weighted by molar-refractivity contribution is 0.0940. The number of rotatable bonds is 2. The third-order valence-corrected chi connectivity index (χ3v) is 3.44. The molecule has 3 rings (SSSR count). The number of nitrogens with one attached hydrogen (secondary N) is 1. The van der Waals surface area contributed by atoms with Crippen LogP contribution in [-0.4, -0.2) is 25.2 Å². The normalized spacial score (nSPS) is 20.8. The van der Waals surface area contributed by atoms with Gasteiger partial charge in [-0.25, -0.2) is 0 Å². The Morgan fingerprint density at radius 1 is 1.56 bits per heavy atom. The maximum atomic E-state index is 12.1. The number of hydrogen-bond acceptors (Lipinski definition) is 3. The summed E-state index contributed by atoms with van der Waals surface area (Å²) in [6, 6.07) is 2.04. The van der Waals surface area contributed by atoms with Gasteiger partial charge in [0.15, 0.2) is 0 Å². The number of hydrogen-bond donors (Lipinski definition) is 1. The van der Waals surface area contributed by atoms with Crippen molar-refractivity contribution in [2.45, 2.75) is 32.8 Å². The fourth-order valence-electron chi connectivity index (χ4n) is 2.73. The van der Waals surface area contributed by atoms with E-state index in [4.69, 9.17) is 9.47 Å². The van der Waals surface area contributed by atoms with Crippen LogP contribution in [0.5, 0.6) is 11.5 Å². The molecule has 1 unspecified atom stereocenters. The summed E-state index contributed by atoms with van der Waals surface area (Å²) in [5.41, 5.74) is 2.77. The molecule has 1 amide bonds. The maximum Gasteiger partial charge on any atom is 0.255 e. The minimum atomic E-state index is -0.0387. The van der Waals surface area contributed by atoms with Crippen LogP contribution in [0, 0.1) is 0 Å². The Hall–Kier alpha value is -1.71. The standard InChI is InChI=1S/C14H17NO3/c1-3-17-11-7-9-6-8(2)18-13(9)12-10(11)4-5-15-14(12)16/h7-8H,3-6H2,1-2H3,(H,15,16). The van der Waals surface area contributed by atoms with Crippen molar-refractivity contribution in [3.63, 3.8) is 0 Å². The molecule has 4 heteroatoms. The van der Waals surface area contributed by atoms with Crippen molar-refractivity contribution in [3.8, 4) is 11.5 Å². The molecule has 96 valence electrons. The first-order valence-electron chi connectivity index (χ1n) is 6.47. The number of carbonyl (C=O) groups excluding carboxylic acids is 1. The molecule has 0 bridgehead atoms. The van der Waals surface area contributed by atoms with Crippen molar-refractivity contribution in [3.05, 3.63) is 22.8 Å². The zero-order chi connectivity index (χ0) is 12.7. The average molecular weight is 247 g/mol. The molecular formula is C14H17NO3. The van der Waals surface area contributed by atoms with E-state index in [1.807, 2.05) is 19.9 Å². The second kappa shape index (κ2) is 4.19. The van der Waals surface area contributed by atoms with Crippen molar-refractivity contribution < 1.29 is 14.3 Å². The zero-order valence-electron chi connectivity index (χ0n) is 10.7. The fourth-order valence-corrected chi connectivity index (χ4v) is 2.73. The number of amides is 1. The fraction of sp³-hybridized carbons (Fsp3) is 0.500. The number of benzene rings is 1. The molecule has 0 saturated heterocycles. The largest absolute Gasteiger partial charge is 0.494 e. The molecule has 2 heterocycles. The minimum absolute atomic E-state index is 0.0387. The summed E-state index contributed by atoms with van der Waals surface area (Å²) < 4.78 is 11.5. The van der Waals surface area contributed by atoms with Gasteiger partial charge in [-0.2, -0.15) is 0 Å². The third-order valence-electron chi connectivity index (χ3n) is 3.44. The lowest BCUT2D eigenvalue weighted by Gasteiger charge is -2.22. The van der Waals surface area contributed by atoms with Gasteiger partial charge in [-0.1, -0.05) is 0 Å². The highest BCUT2D eigenvalue weighted by Crippen LogP contribution is 2.40. The lowest BCUT2D eigenvalue weighted by atomic mass is 9.94. The van der Waals surface area contributed by atoms with Crippen molar-refractivity contribution in [2.75, 3.05) is 13.2 Å². The molecule has 0 aliphatic carbocycles. The highest BCUT2D eigenvalue weighted by atomic mass is 16.5. The van der Waals surface area contributed by atoms with Gasteiger partial charge in [0.05, 0.1) is 12.2 Å². The van der Waals surface area contributed by atoms with Crippen LogP contribution in [0.4, 0.5) is 0 Å². The predicted octanol–water partition coefficient (Wildman–Crippen LogP) is 1.69. The first-order valence-corrected chi connectivity index (χ1v) is 6.47. The first-order chi connectivity index (χ1) is 8.70. The quantitative estimate of drug-likeness (QED) is 0.865. The van der Waals surface area contributed by atoms with Crippen molar-refractivity contribution in [1.82, 2.24) is 5.32 Å². The van der Waals surface area contributed by atoms with Crippen LogP contribution in [-0.2, 0) is 12.8 Å². The molecule has 0 saturated carbocycles. The Labute approximate surface area is 106 Å². The Balaban J connectivity index is 2.18. The highest BCUT2D eigenvalue weighted by molar-refractivity contribution is 6.00. The van der Waals surface area contributed by atoms with Crippen molar-refractivity contribution >= 4 is 5.91 Å². The highest BCUT2D eigenvalue weighted by Gasteiger charge is 2.32. The summed E-state index contributed by atoms with van der Waals surface area (Å²) in [4.78, 5) is 12.1. The van der Waals surface area contributed by atoms with Gasteiger partial charge in [0.25, 0.3) is 5.91 Å². The summed E-state index contributed by atoms with van der Waals surface area (Å²) in [6.45, 7) is 5.26. The van der Waals surface area contributed by atoms with Crippen LogP contribution in [0.3, 0.4) is 0 Å². The second-order valence-corrected chi connectivity index (χ2v) is 4.79. The van der Waals surface area contributed by atoms with E-state index in [1.54, 1.807) is 0 Å². The minimum Gasteiger partial charge on any atom is -0.494 e. The van der Waals surface area contributed by atoms with Crippen molar-refractivity contribution in [1.29, 1.82) is 0 Å². The average Bonchev–Trinajstić information content (AvgIpc) is 2.70. The summed E-state index contributed by atoms with van der Waals surface area (Å²) in [7, 11) is 0. The Bertz CT molecular complexity index is 510. The van der Waals surface area contributed by atoms with Gasteiger partial charge in [0, 0.05) is 24.1 Å². The number of carbonyl (C=O) groups is 1. The molecule has 0 spiro atoms. The van der Waals surface area contributed by atoms with E-state index in [-0.39, 0.29) is 12.0 Å². The molecular weight excluding hydrogens is 230 g/mol. The molecule has 1 N–H and O–H groups in total. The summed E-state index contributed by atoms with van der Waals surface area (Å²) >= 11 is 0. The SMILES string of the molecule is CCOc1cc2c(c3c1CCNC3=O)OC(C)C2. The molecule has 1 atom stereocenters. The summed E-state index contributed by atoms with van der Waals surface area (Å²) in [6.07, 6.45) is 1.79. The van der Waals surface area contributed by atoms with Gasteiger partial charge in [0.2, 0.25) is 0 Å². The van der Waals surface area contributed by atoms with E-state index in [2.05, 4.69) is 5.32 Å². The topological polar surface area (TPSA) is 47.6 Å². The van der Waals surface area contributed by atoms with Crippen LogP contribution in [0.2, 0.25) is 0 Å². The molecule has 1 aromatic carbocycles. The summed E-state index contributed by atoms with van der Waals surface area (Å²) in [5, 5.41) is 2.88. The molecule has 2 aliphatic rings. The molecule has 1 aromatic rings. The smallest absolute Gasteiger partial charge is 0.255 e. The number of fused-ring (bicyclic) bond motifs is 3. The van der Waals surface area contributed by atoms with E-state index in [0.29, 0.717) is 18.7 Å². The Morgan fingerprint density at radius 3 is 3.17 bits per heavy atom. The third kappa shape index (κ3) is 1.64. The molecule has 2 aliphatic heterocycles. The summed E-state index contributed by atoms with van der Waals surface area (Å²) in [5.74, 6) is 1.57.